The summed E-state index contributed by atoms with van der Waals surface area (Å²) < 4.78 is 12.6. The second kappa shape index (κ2) is 9.58. The van der Waals surface area contributed by atoms with Gasteiger partial charge in [-0.05, 0) is 35.9 Å². The van der Waals surface area contributed by atoms with Crippen LogP contribution < -0.4 is 14.9 Å². The molecular weight excluding hydrogens is 426 g/mol. The largest absolute Gasteiger partial charge is 0.497 e. The monoisotopic (exact) mass is 447 g/mol. The highest BCUT2D eigenvalue weighted by Gasteiger charge is 2.10. The normalized spacial score (nSPS) is 11.1. The number of methoxy groups -OCH3 is 2. The summed E-state index contributed by atoms with van der Waals surface area (Å²) in [6, 6.07) is 20.8. The maximum Gasteiger partial charge on any atom is 0.271 e. The number of benzene rings is 3. The fourth-order valence-electron chi connectivity index (χ4n) is 3.46. The molecule has 0 fully saturated rings. The van der Waals surface area contributed by atoms with E-state index in [0.717, 1.165) is 22.0 Å². The molecule has 0 radical (unpaired) electrons. The van der Waals surface area contributed by atoms with E-state index in [1.807, 2.05) is 48.7 Å². The van der Waals surface area contributed by atoms with Gasteiger partial charge in [-0.3, -0.25) is 4.79 Å². The van der Waals surface area contributed by atoms with Crippen LogP contribution in [0.15, 0.2) is 78.0 Å². The molecule has 1 N–H and O–H groups in total. The molecule has 6 nitrogen and oxygen atoms in total. The summed E-state index contributed by atoms with van der Waals surface area (Å²) in [5, 5.41) is 5.93. The van der Waals surface area contributed by atoms with E-state index < -0.39 is 0 Å². The van der Waals surface area contributed by atoms with Crippen molar-refractivity contribution in [2.75, 3.05) is 14.2 Å². The van der Waals surface area contributed by atoms with Gasteiger partial charge in [0.2, 0.25) is 0 Å². The first-order valence-electron chi connectivity index (χ1n) is 9.96. The van der Waals surface area contributed by atoms with Crippen molar-refractivity contribution in [1.82, 2.24) is 9.99 Å². The number of hydrogen-bond donors (Lipinski definition) is 1. The average Bonchev–Trinajstić information content (AvgIpc) is 3.17. The summed E-state index contributed by atoms with van der Waals surface area (Å²) in [7, 11) is 3.07. The van der Waals surface area contributed by atoms with Gasteiger partial charge in [0.15, 0.2) is 0 Å². The third kappa shape index (κ3) is 4.76. The molecule has 4 rings (SSSR count). The third-order valence-electron chi connectivity index (χ3n) is 5.07. The molecule has 0 atom stereocenters. The van der Waals surface area contributed by atoms with E-state index in [4.69, 9.17) is 21.1 Å². The topological polar surface area (TPSA) is 64.8 Å². The van der Waals surface area contributed by atoms with Gasteiger partial charge in [-0.2, -0.15) is 5.10 Å². The number of hydrogen-bond acceptors (Lipinski definition) is 4. The first-order valence-corrected chi connectivity index (χ1v) is 10.3. The van der Waals surface area contributed by atoms with Gasteiger partial charge >= 0.3 is 0 Å². The highest BCUT2D eigenvalue weighted by Crippen LogP contribution is 2.23. The predicted octanol–water partition coefficient (Wildman–Crippen LogP) is 5.12. The van der Waals surface area contributed by atoms with Crippen molar-refractivity contribution in [2.24, 2.45) is 5.10 Å². The number of halogens is 1. The van der Waals surface area contributed by atoms with E-state index in [1.165, 1.54) is 14.2 Å². The number of carbonyl (C=O) groups is 1. The lowest BCUT2D eigenvalue weighted by molar-refractivity contribution is 0.0954. The average molecular weight is 448 g/mol. The fraction of sp³-hybridized carbons (Fsp3) is 0.120. The van der Waals surface area contributed by atoms with Crippen molar-refractivity contribution in [1.29, 1.82) is 0 Å². The van der Waals surface area contributed by atoms with Crippen molar-refractivity contribution < 1.29 is 14.3 Å². The molecule has 0 aliphatic rings. The van der Waals surface area contributed by atoms with Crippen LogP contribution in [0.5, 0.6) is 11.5 Å². The molecule has 0 aliphatic heterocycles. The van der Waals surface area contributed by atoms with Gasteiger partial charge in [0.25, 0.3) is 5.91 Å². The van der Waals surface area contributed by atoms with Crippen LogP contribution in [0.25, 0.3) is 10.9 Å². The van der Waals surface area contributed by atoms with E-state index in [0.29, 0.717) is 28.6 Å². The van der Waals surface area contributed by atoms with Crippen LogP contribution in [-0.2, 0) is 6.54 Å². The minimum absolute atomic E-state index is 0.358. The SMILES string of the molecule is COc1cc(OC)cc(C(=O)NN=Cc2cn(Cc3ccc(Cl)cc3)c3ccccc23)c1. The van der Waals surface area contributed by atoms with Gasteiger partial charge in [-0.1, -0.05) is 41.9 Å². The van der Waals surface area contributed by atoms with Crippen molar-refractivity contribution in [3.05, 3.63) is 94.6 Å². The van der Waals surface area contributed by atoms with Crippen molar-refractivity contribution >= 4 is 34.6 Å². The molecule has 7 heteroatoms. The molecule has 0 spiro atoms. The molecule has 3 aromatic carbocycles. The van der Waals surface area contributed by atoms with Crippen molar-refractivity contribution in [2.45, 2.75) is 6.54 Å². The summed E-state index contributed by atoms with van der Waals surface area (Å²) in [5.41, 5.74) is 6.08. The number of fused-ring (bicyclic) bond motifs is 1. The number of carbonyl (C=O) groups excluding carboxylic acids is 1. The molecule has 1 aromatic heterocycles. The molecule has 162 valence electrons. The highest BCUT2D eigenvalue weighted by molar-refractivity contribution is 6.30. The van der Waals surface area contributed by atoms with Crippen LogP contribution >= 0.6 is 11.6 Å². The van der Waals surface area contributed by atoms with Crippen LogP contribution in [0, 0.1) is 0 Å². The molecule has 0 bridgehead atoms. The Morgan fingerprint density at radius 3 is 2.41 bits per heavy atom. The summed E-state index contributed by atoms with van der Waals surface area (Å²) in [4.78, 5) is 12.6. The van der Waals surface area contributed by atoms with Gasteiger partial charge < -0.3 is 14.0 Å². The molecule has 0 saturated heterocycles. The standard InChI is InChI=1S/C25H22ClN3O3/c1-31-21-11-18(12-22(13-21)32-2)25(30)28-27-14-19-16-29(24-6-4-3-5-23(19)24)15-17-7-9-20(26)10-8-17/h3-14,16H,15H2,1-2H3,(H,28,30). The molecule has 0 aliphatic carbocycles. The van der Waals surface area contributed by atoms with E-state index in [-0.39, 0.29) is 5.91 Å². The van der Waals surface area contributed by atoms with E-state index >= 15 is 0 Å². The Morgan fingerprint density at radius 1 is 1.03 bits per heavy atom. The number of hydrazone groups is 1. The van der Waals surface area contributed by atoms with Gasteiger partial charge in [0.05, 0.1) is 20.4 Å². The summed E-state index contributed by atoms with van der Waals surface area (Å²) in [6.07, 6.45) is 3.67. The number of amides is 1. The van der Waals surface area contributed by atoms with E-state index in [2.05, 4.69) is 21.2 Å². The number of nitrogens with zero attached hydrogens (tertiary/aromatic N) is 2. The lowest BCUT2D eigenvalue weighted by atomic mass is 10.2. The van der Waals surface area contributed by atoms with Crippen LogP contribution in [0.1, 0.15) is 21.5 Å². The Hall–Kier alpha value is -3.77. The molecule has 4 aromatic rings. The first kappa shape index (κ1) is 21.5. The summed E-state index contributed by atoms with van der Waals surface area (Å²) in [5.74, 6) is 0.704. The molecule has 1 amide bonds. The zero-order valence-electron chi connectivity index (χ0n) is 17.7. The Balaban J connectivity index is 1.55. The third-order valence-corrected chi connectivity index (χ3v) is 5.32. The van der Waals surface area contributed by atoms with Gasteiger partial charge in [-0.25, -0.2) is 5.43 Å². The maximum atomic E-state index is 12.6. The second-order valence-electron chi connectivity index (χ2n) is 7.16. The molecule has 0 saturated carbocycles. The maximum absolute atomic E-state index is 12.6. The Labute approximate surface area is 191 Å². The summed E-state index contributed by atoms with van der Waals surface area (Å²) >= 11 is 6.00. The molecule has 0 unspecified atom stereocenters. The number of para-hydroxylation sites is 1. The number of rotatable bonds is 7. The Kier molecular flexibility index (Phi) is 6.42. The minimum Gasteiger partial charge on any atom is -0.497 e. The highest BCUT2D eigenvalue weighted by atomic mass is 35.5. The second-order valence-corrected chi connectivity index (χ2v) is 7.59. The Bertz CT molecular complexity index is 1260. The van der Waals surface area contributed by atoms with Crippen LogP contribution in [0.2, 0.25) is 5.02 Å². The van der Waals surface area contributed by atoms with Crippen molar-refractivity contribution in [3.63, 3.8) is 0 Å². The molecule has 1 heterocycles. The smallest absolute Gasteiger partial charge is 0.271 e. The lowest BCUT2D eigenvalue weighted by Crippen LogP contribution is -2.17. The first-order chi connectivity index (χ1) is 15.6. The van der Waals surface area contributed by atoms with Gasteiger partial charge in [0.1, 0.15) is 11.5 Å². The van der Waals surface area contributed by atoms with E-state index in [9.17, 15) is 4.79 Å². The van der Waals surface area contributed by atoms with Crippen molar-refractivity contribution in [3.8, 4) is 11.5 Å². The quantitative estimate of drug-likeness (QED) is 0.316. The number of aromatic nitrogens is 1. The van der Waals surface area contributed by atoms with Crippen LogP contribution in [0.4, 0.5) is 0 Å². The van der Waals surface area contributed by atoms with Crippen LogP contribution in [0.3, 0.4) is 0 Å². The minimum atomic E-state index is -0.358. The van der Waals surface area contributed by atoms with E-state index in [1.54, 1.807) is 24.4 Å². The van der Waals surface area contributed by atoms with Gasteiger partial charge in [0, 0.05) is 45.9 Å². The molecule has 32 heavy (non-hydrogen) atoms. The predicted molar refractivity (Wildman–Crippen MR) is 127 cm³/mol. The Morgan fingerprint density at radius 2 is 1.72 bits per heavy atom. The lowest BCUT2D eigenvalue weighted by Gasteiger charge is -2.07. The zero-order valence-corrected chi connectivity index (χ0v) is 18.5. The fourth-order valence-corrected chi connectivity index (χ4v) is 3.58. The molecular formula is C25H22ClN3O3. The summed E-state index contributed by atoms with van der Waals surface area (Å²) in [6.45, 7) is 0.696. The number of ether oxygens (including phenoxy) is 2. The van der Waals surface area contributed by atoms with Gasteiger partial charge in [-0.15, -0.1) is 0 Å². The van der Waals surface area contributed by atoms with Crippen LogP contribution in [-0.4, -0.2) is 30.9 Å². The zero-order chi connectivity index (χ0) is 22.5. The number of nitrogens with one attached hydrogen (secondary N) is 1.